The van der Waals surface area contributed by atoms with Gasteiger partial charge in [0.2, 0.25) is 5.91 Å². The van der Waals surface area contributed by atoms with E-state index in [1.807, 2.05) is 42.5 Å². The normalized spacial score (nSPS) is 12.3. The maximum absolute atomic E-state index is 13.7. The molecule has 244 valence electrons. The highest BCUT2D eigenvalue weighted by atomic mass is 35.5. The van der Waals surface area contributed by atoms with Gasteiger partial charge in [-0.05, 0) is 77.4 Å². The summed E-state index contributed by atoms with van der Waals surface area (Å²) >= 11 is 6.91. The number of thioether (sulfide) groups is 1. The Kier molecular flexibility index (Phi) is 10.9. The van der Waals surface area contributed by atoms with Crippen molar-refractivity contribution in [2.45, 2.75) is 29.7 Å². The number of carbonyl (C=O) groups excluding carboxylic acids is 3. The number of anilines is 2. The molecule has 0 aliphatic heterocycles. The number of benzene rings is 5. The molecule has 3 amide bonds. The van der Waals surface area contributed by atoms with Crippen molar-refractivity contribution in [3.05, 3.63) is 143 Å². The maximum Gasteiger partial charge on any atom is 0.418 e. The maximum atomic E-state index is 13.7. The Morgan fingerprint density at radius 1 is 0.833 bits per heavy atom. The van der Waals surface area contributed by atoms with Crippen LogP contribution >= 0.6 is 23.4 Å². The molecule has 0 saturated carbocycles. The summed E-state index contributed by atoms with van der Waals surface area (Å²) in [6, 6.07) is 31.7. The van der Waals surface area contributed by atoms with E-state index in [-0.39, 0.29) is 16.4 Å². The molecule has 3 N–H and O–H groups in total. The lowest BCUT2D eigenvalue weighted by Gasteiger charge is -2.18. The number of fused-ring (bicyclic) bond motifs is 1. The molecular weight excluding hydrogens is 659 g/mol. The molecule has 5 aromatic rings. The zero-order chi connectivity index (χ0) is 34.3. The fourth-order valence-corrected chi connectivity index (χ4v) is 6.06. The molecule has 0 aliphatic rings. The van der Waals surface area contributed by atoms with Crippen LogP contribution in [0.3, 0.4) is 0 Å². The van der Waals surface area contributed by atoms with Gasteiger partial charge in [0, 0.05) is 21.2 Å². The van der Waals surface area contributed by atoms with Gasteiger partial charge in [-0.25, -0.2) is 0 Å². The van der Waals surface area contributed by atoms with Gasteiger partial charge in [-0.2, -0.15) is 13.2 Å². The Morgan fingerprint density at radius 2 is 1.54 bits per heavy atom. The average Bonchev–Trinajstić information content (AvgIpc) is 3.07. The third kappa shape index (κ3) is 8.64. The van der Waals surface area contributed by atoms with Crippen molar-refractivity contribution in [2.75, 3.05) is 10.6 Å². The summed E-state index contributed by atoms with van der Waals surface area (Å²) in [5, 5.41) is 8.96. The first-order chi connectivity index (χ1) is 23.0. The van der Waals surface area contributed by atoms with E-state index in [0.29, 0.717) is 22.6 Å². The number of hydrogen-bond acceptors (Lipinski definition) is 4. The van der Waals surface area contributed by atoms with Crippen molar-refractivity contribution in [3.63, 3.8) is 0 Å². The molecule has 6 nitrogen and oxygen atoms in total. The second-order valence-corrected chi connectivity index (χ2v) is 12.3. The van der Waals surface area contributed by atoms with Crippen LogP contribution in [-0.4, -0.2) is 23.0 Å². The van der Waals surface area contributed by atoms with Crippen LogP contribution in [0.15, 0.2) is 126 Å². The van der Waals surface area contributed by atoms with Crippen molar-refractivity contribution in [2.24, 2.45) is 0 Å². The number of nitrogens with one attached hydrogen (secondary N) is 3. The van der Waals surface area contributed by atoms with Gasteiger partial charge in [-0.1, -0.05) is 85.3 Å². The predicted molar refractivity (Wildman–Crippen MR) is 186 cm³/mol. The van der Waals surface area contributed by atoms with E-state index < -0.39 is 34.7 Å². The fraction of sp³-hybridized carbons (Fsp3) is 0.108. The number of amides is 3. The lowest BCUT2D eigenvalue weighted by Crippen LogP contribution is -2.30. The van der Waals surface area contributed by atoms with Gasteiger partial charge in [0.1, 0.15) is 5.70 Å². The monoisotopic (exact) mass is 687 g/mol. The summed E-state index contributed by atoms with van der Waals surface area (Å²) in [7, 11) is 0. The smallest absolute Gasteiger partial charge is 0.325 e. The molecular formula is C37H29ClF3N3O3S. The minimum Gasteiger partial charge on any atom is -0.325 e. The molecule has 1 unspecified atom stereocenters. The van der Waals surface area contributed by atoms with Gasteiger partial charge in [-0.3, -0.25) is 14.4 Å². The Bertz CT molecular complexity index is 2000. The van der Waals surface area contributed by atoms with E-state index in [4.69, 9.17) is 11.6 Å². The second-order valence-electron chi connectivity index (χ2n) is 10.6. The third-order valence-electron chi connectivity index (χ3n) is 7.23. The number of rotatable bonds is 10. The summed E-state index contributed by atoms with van der Waals surface area (Å²) in [5.41, 5.74) is 0.0571. The van der Waals surface area contributed by atoms with E-state index in [1.54, 1.807) is 67.6 Å². The van der Waals surface area contributed by atoms with Crippen LogP contribution < -0.4 is 16.0 Å². The van der Waals surface area contributed by atoms with Gasteiger partial charge in [-0.15, -0.1) is 11.8 Å². The Morgan fingerprint density at radius 3 is 2.29 bits per heavy atom. The van der Waals surface area contributed by atoms with Crippen LogP contribution in [0.2, 0.25) is 5.02 Å². The fourth-order valence-electron chi connectivity index (χ4n) is 4.88. The standard InChI is InChI=1S/C37H29ClF3N3O3S/c1-2-33(36(47)43-31-19-18-26(38)21-30(31)37(39,40)41)48-28-16-9-15-27(22-28)42-35(46)32(44-34(45)24-11-4-3-5-12-24)20-25-14-8-13-23-10-6-7-17-29(23)25/h3-22,33H,2H2,1H3,(H,42,46)(H,43,47)(H,44,45)/b32-20+. The van der Waals surface area contributed by atoms with E-state index in [9.17, 15) is 27.6 Å². The van der Waals surface area contributed by atoms with E-state index >= 15 is 0 Å². The molecule has 0 aromatic heterocycles. The van der Waals surface area contributed by atoms with Crippen LogP contribution in [0.25, 0.3) is 16.8 Å². The molecule has 1 atom stereocenters. The molecule has 0 fully saturated rings. The number of halogens is 4. The van der Waals surface area contributed by atoms with Crippen molar-refractivity contribution in [1.29, 1.82) is 0 Å². The summed E-state index contributed by atoms with van der Waals surface area (Å²) < 4.78 is 40.8. The highest BCUT2D eigenvalue weighted by Crippen LogP contribution is 2.37. The van der Waals surface area contributed by atoms with Crippen molar-refractivity contribution >= 4 is 69.3 Å². The van der Waals surface area contributed by atoms with E-state index in [1.165, 1.54) is 6.07 Å². The highest BCUT2D eigenvalue weighted by molar-refractivity contribution is 8.00. The first-order valence-corrected chi connectivity index (χ1v) is 16.1. The molecule has 0 spiro atoms. The summed E-state index contributed by atoms with van der Waals surface area (Å²) in [6.45, 7) is 1.75. The molecule has 0 aliphatic carbocycles. The van der Waals surface area contributed by atoms with Gasteiger partial charge in [0.05, 0.1) is 16.5 Å². The summed E-state index contributed by atoms with van der Waals surface area (Å²) in [5.74, 6) is -1.66. The average molecular weight is 688 g/mol. The minimum absolute atomic E-state index is 0.00695. The predicted octanol–water partition coefficient (Wildman–Crippen LogP) is 9.43. The summed E-state index contributed by atoms with van der Waals surface area (Å²) in [6.07, 6.45) is -2.79. The quantitative estimate of drug-likeness (QED) is 0.101. The summed E-state index contributed by atoms with van der Waals surface area (Å²) in [4.78, 5) is 40.5. The van der Waals surface area contributed by atoms with Crippen LogP contribution in [0, 0.1) is 0 Å². The van der Waals surface area contributed by atoms with Crippen LogP contribution in [0.4, 0.5) is 24.5 Å². The zero-order valence-electron chi connectivity index (χ0n) is 25.5. The molecule has 5 aromatic carbocycles. The zero-order valence-corrected chi connectivity index (χ0v) is 27.0. The minimum atomic E-state index is -4.71. The SMILES string of the molecule is CCC(Sc1cccc(NC(=O)/C(=C\c2cccc3ccccc23)NC(=O)c2ccccc2)c1)C(=O)Nc1ccc(Cl)cc1C(F)(F)F. The number of alkyl halides is 3. The third-order valence-corrected chi connectivity index (χ3v) is 8.82. The van der Waals surface area contributed by atoms with Gasteiger partial charge in [0.25, 0.3) is 11.8 Å². The molecule has 0 saturated heterocycles. The molecule has 0 bridgehead atoms. The molecule has 11 heteroatoms. The molecule has 48 heavy (non-hydrogen) atoms. The lowest BCUT2D eigenvalue weighted by molar-refractivity contribution is -0.137. The largest absolute Gasteiger partial charge is 0.418 e. The van der Waals surface area contributed by atoms with Crippen LogP contribution in [0.1, 0.15) is 34.8 Å². The Hall–Kier alpha value is -5.06. The van der Waals surface area contributed by atoms with Crippen molar-refractivity contribution in [1.82, 2.24) is 5.32 Å². The van der Waals surface area contributed by atoms with Crippen LogP contribution in [0.5, 0.6) is 0 Å². The Balaban J connectivity index is 1.36. The molecule has 0 radical (unpaired) electrons. The van der Waals surface area contributed by atoms with E-state index in [0.717, 1.165) is 40.2 Å². The van der Waals surface area contributed by atoms with E-state index in [2.05, 4.69) is 16.0 Å². The van der Waals surface area contributed by atoms with Crippen molar-refractivity contribution < 1.29 is 27.6 Å². The topological polar surface area (TPSA) is 87.3 Å². The number of hydrogen-bond donors (Lipinski definition) is 3. The lowest BCUT2D eigenvalue weighted by atomic mass is 10.0. The van der Waals surface area contributed by atoms with Crippen molar-refractivity contribution in [3.8, 4) is 0 Å². The number of carbonyl (C=O) groups is 3. The first-order valence-electron chi connectivity index (χ1n) is 14.8. The molecule has 0 heterocycles. The van der Waals surface area contributed by atoms with Gasteiger partial charge in [0.15, 0.2) is 0 Å². The van der Waals surface area contributed by atoms with Gasteiger partial charge < -0.3 is 16.0 Å². The Labute approximate surface area is 284 Å². The van der Waals surface area contributed by atoms with Gasteiger partial charge >= 0.3 is 6.18 Å². The highest BCUT2D eigenvalue weighted by Gasteiger charge is 2.34. The second kappa shape index (κ2) is 15.2. The first kappa shape index (κ1) is 34.3. The molecule has 5 rings (SSSR count). The van der Waals surface area contributed by atoms with Crippen LogP contribution in [-0.2, 0) is 15.8 Å².